The van der Waals surface area contributed by atoms with Crippen molar-refractivity contribution in [3.8, 4) is 23.0 Å². The first-order chi connectivity index (χ1) is 10.0. The number of pyridine rings is 1. The Labute approximate surface area is 120 Å². The van der Waals surface area contributed by atoms with Crippen LogP contribution in [0.25, 0.3) is 23.0 Å². The summed E-state index contributed by atoms with van der Waals surface area (Å²) in [5.41, 5.74) is 1.19. The summed E-state index contributed by atoms with van der Waals surface area (Å²) in [4.78, 5) is 8.36. The van der Waals surface area contributed by atoms with Crippen molar-refractivity contribution < 1.29 is 12.9 Å². The van der Waals surface area contributed by atoms with Gasteiger partial charge in [0.25, 0.3) is 5.89 Å². The van der Waals surface area contributed by atoms with Gasteiger partial charge in [0.15, 0.2) is 0 Å². The summed E-state index contributed by atoms with van der Waals surface area (Å²) >= 11 is 0. The summed E-state index contributed by atoms with van der Waals surface area (Å²) in [7, 11) is -3.71. The van der Waals surface area contributed by atoms with Crippen LogP contribution in [-0.2, 0) is 10.0 Å². The zero-order valence-corrected chi connectivity index (χ0v) is 11.5. The van der Waals surface area contributed by atoms with Crippen LogP contribution in [0, 0.1) is 0 Å². The Morgan fingerprint density at radius 1 is 1.05 bits per heavy atom. The van der Waals surface area contributed by atoms with Crippen molar-refractivity contribution in [1.29, 1.82) is 0 Å². The van der Waals surface area contributed by atoms with Crippen molar-refractivity contribution in [2.45, 2.75) is 4.90 Å². The molecule has 0 fully saturated rings. The number of benzene rings is 1. The van der Waals surface area contributed by atoms with Crippen LogP contribution in [0.2, 0.25) is 0 Å². The van der Waals surface area contributed by atoms with E-state index in [0.717, 1.165) is 0 Å². The number of nitrogens with two attached hydrogens (primary N) is 1. The average molecular weight is 302 g/mol. The molecule has 0 saturated carbocycles. The van der Waals surface area contributed by atoms with Gasteiger partial charge in [-0.2, -0.15) is 4.98 Å². The van der Waals surface area contributed by atoms with Gasteiger partial charge in [-0.05, 0) is 36.4 Å². The molecule has 0 radical (unpaired) electrons. The molecular weight excluding hydrogens is 292 g/mol. The molecule has 0 unspecified atom stereocenters. The zero-order chi connectivity index (χ0) is 14.9. The maximum absolute atomic E-state index is 11.2. The summed E-state index contributed by atoms with van der Waals surface area (Å²) < 4.78 is 27.5. The van der Waals surface area contributed by atoms with Crippen LogP contribution in [0.1, 0.15) is 0 Å². The van der Waals surface area contributed by atoms with Gasteiger partial charge in [-0.3, -0.25) is 4.98 Å². The van der Waals surface area contributed by atoms with Crippen LogP contribution in [-0.4, -0.2) is 23.5 Å². The van der Waals surface area contributed by atoms with Crippen molar-refractivity contribution in [3.05, 3.63) is 48.7 Å². The molecule has 106 valence electrons. The monoisotopic (exact) mass is 302 g/mol. The summed E-state index contributed by atoms with van der Waals surface area (Å²) in [5.74, 6) is 0.637. The molecule has 2 N–H and O–H groups in total. The van der Waals surface area contributed by atoms with Gasteiger partial charge in [0, 0.05) is 11.8 Å². The van der Waals surface area contributed by atoms with E-state index in [-0.39, 0.29) is 4.90 Å². The molecule has 1 aromatic carbocycles. The van der Waals surface area contributed by atoms with Crippen LogP contribution < -0.4 is 5.14 Å². The van der Waals surface area contributed by atoms with Crippen LogP contribution in [0.15, 0.2) is 58.1 Å². The van der Waals surface area contributed by atoms with Crippen LogP contribution >= 0.6 is 0 Å². The molecule has 8 heteroatoms. The smallest absolute Gasteiger partial charge is 0.276 e. The lowest BCUT2D eigenvalue weighted by Crippen LogP contribution is -2.11. The third-order valence-corrected chi connectivity index (χ3v) is 3.68. The Bertz CT molecular complexity index is 858. The first kappa shape index (κ1) is 13.4. The van der Waals surface area contributed by atoms with Crippen molar-refractivity contribution in [2.24, 2.45) is 5.14 Å². The number of primary sulfonamides is 1. The molecule has 0 amide bonds. The van der Waals surface area contributed by atoms with E-state index in [1.54, 1.807) is 30.5 Å². The Morgan fingerprint density at radius 3 is 2.43 bits per heavy atom. The molecular formula is C13H10N4O3S. The molecule has 0 bridgehead atoms. The molecule has 0 aliphatic carbocycles. The summed E-state index contributed by atoms with van der Waals surface area (Å²) in [5, 5.41) is 8.89. The van der Waals surface area contributed by atoms with Gasteiger partial charge >= 0.3 is 0 Å². The molecule has 3 rings (SSSR count). The third-order valence-electron chi connectivity index (χ3n) is 2.75. The molecule has 0 saturated heterocycles. The highest BCUT2D eigenvalue weighted by Gasteiger charge is 2.13. The van der Waals surface area contributed by atoms with Crippen molar-refractivity contribution >= 4 is 10.0 Å². The maximum atomic E-state index is 11.2. The van der Waals surface area contributed by atoms with Crippen LogP contribution in [0.3, 0.4) is 0 Å². The van der Waals surface area contributed by atoms with Crippen LogP contribution in [0.5, 0.6) is 0 Å². The second-order valence-electron chi connectivity index (χ2n) is 4.21. The lowest BCUT2D eigenvalue weighted by molar-refractivity contribution is 0.431. The lowest BCUT2D eigenvalue weighted by atomic mass is 10.2. The minimum absolute atomic E-state index is 0.0275. The average Bonchev–Trinajstić information content (AvgIpc) is 2.97. The number of sulfonamides is 1. The molecule has 2 heterocycles. The van der Waals surface area contributed by atoms with E-state index in [0.29, 0.717) is 23.0 Å². The van der Waals surface area contributed by atoms with Gasteiger partial charge in [0.05, 0.1) is 4.90 Å². The fraction of sp³-hybridized carbons (Fsp3) is 0. The normalized spacial score (nSPS) is 11.5. The van der Waals surface area contributed by atoms with E-state index < -0.39 is 10.0 Å². The third kappa shape index (κ3) is 2.81. The number of hydrogen-bond donors (Lipinski definition) is 1. The molecule has 0 spiro atoms. The number of hydrogen-bond acceptors (Lipinski definition) is 6. The SMILES string of the molecule is NS(=O)(=O)c1ccc(-c2noc(-c3ccccn3)n2)cc1. The second-order valence-corrected chi connectivity index (χ2v) is 5.77. The minimum Gasteiger partial charge on any atom is -0.332 e. The zero-order valence-electron chi connectivity index (χ0n) is 10.7. The largest absolute Gasteiger partial charge is 0.332 e. The van der Waals surface area contributed by atoms with Crippen molar-refractivity contribution in [1.82, 2.24) is 15.1 Å². The minimum atomic E-state index is -3.71. The quantitative estimate of drug-likeness (QED) is 0.783. The first-order valence-corrected chi connectivity index (χ1v) is 7.47. The van der Waals surface area contributed by atoms with E-state index in [2.05, 4.69) is 15.1 Å². The molecule has 0 aliphatic rings. The Kier molecular flexibility index (Phi) is 3.24. The molecule has 0 atom stereocenters. The van der Waals surface area contributed by atoms with Gasteiger partial charge in [0.1, 0.15) is 5.69 Å². The molecule has 2 aromatic heterocycles. The van der Waals surface area contributed by atoms with E-state index in [4.69, 9.17) is 9.66 Å². The highest BCUT2D eigenvalue weighted by atomic mass is 32.2. The predicted molar refractivity (Wildman–Crippen MR) is 74.3 cm³/mol. The molecule has 0 aliphatic heterocycles. The van der Waals surface area contributed by atoms with Crippen molar-refractivity contribution in [2.75, 3.05) is 0 Å². The molecule has 7 nitrogen and oxygen atoms in total. The van der Waals surface area contributed by atoms with E-state index in [9.17, 15) is 8.42 Å². The highest BCUT2D eigenvalue weighted by Crippen LogP contribution is 2.21. The summed E-state index contributed by atoms with van der Waals surface area (Å²) in [6, 6.07) is 11.3. The Balaban J connectivity index is 1.94. The van der Waals surface area contributed by atoms with E-state index >= 15 is 0 Å². The Morgan fingerprint density at radius 2 is 1.81 bits per heavy atom. The first-order valence-electron chi connectivity index (χ1n) is 5.92. The molecule has 3 aromatic rings. The number of nitrogens with zero attached hydrogens (tertiary/aromatic N) is 3. The number of rotatable bonds is 3. The predicted octanol–water partition coefficient (Wildman–Crippen LogP) is 1.45. The Hall–Kier alpha value is -2.58. The van der Waals surface area contributed by atoms with Crippen molar-refractivity contribution in [3.63, 3.8) is 0 Å². The topological polar surface area (TPSA) is 112 Å². The second kappa shape index (κ2) is 5.08. The highest BCUT2D eigenvalue weighted by molar-refractivity contribution is 7.89. The summed E-state index contributed by atoms with van der Waals surface area (Å²) in [6.45, 7) is 0. The standard InChI is InChI=1S/C13H10N4O3S/c14-21(18,19)10-6-4-9(5-7-10)12-16-13(20-17-12)11-3-1-2-8-15-11/h1-8H,(H2,14,18,19). The maximum Gasteiger partial charge on any atom is 0.276 e. The van der Waals surface area contributed by atoms with Gasteiger partial charge in [-0.25, -0.2) is 13.6 Å². The van der Waals surface area contributed by atoms with Crippen LogP contribution in [0.4, 0.5) is 0 Å². The molecule has 21 heavy (non-hydrogen) atoms. The van der Waals surface area contributed by atoms with Gasteiger partial charge in [-0.1, -0.05) is 11.2 Å². The number of aromatic nitrogens is 3. The summed E-state index contributed by atoms with van der Waals surface area (Å²) in [6.07, 6.45) is 1.63. The van der Waals surface area contributed by atoms with Gasteiger partial charge in [0.2, 0.25) is 15.8 Å². The van der Waals surface area contributed by atoms with Gasteiger partial charge in [-0.15, -0.1) is 0 Å². The van der Waals surface area contributed by atoms with E-state index in [1.165, 1.54) is 12.1 Å². The van der Waals surface area contributed by atoms with E-state index in [1.807, 2.05) is 6.07 Å². The fourth-order valence-corrected chi connectivity index (χ4v) is 2.24. The van der Waals surface area contributed by atoms with Gasteiger partial charge < -0.3 is 4.52 Å². The lowest BCUT2D eigenvalue weighted by Gasteiger charge is -1.98. The fourth-order valence-electron chi connectivity index (χ4n) is 1.73.